The van der Waals surface area contributed by atoms with Crippen molar-refractivity contribution in [2.24, 2.45) is 0 Å². The van der Waals surface area contributed by atoms with E-state index in [-0.39, 0.29) is 18.0 Å². The van der Waals surface area contributed by atoms with E-state index in [1.54, 1.807) is 18.1 Å². The number of hydrogen-bond donors (Lipinski definition) is 0. The predicted molar refractivity (Wildman–Crippen MR) is 87.2 cm³/mol. The Labute approximate surface area is 136 Å². The van der Waals surface area contributed by atoms with Crippen LogP contribution in [-0.2, 0) is 0 Å². The van der Waals surface area contributed by atoms with Crippen LogP contribution in [0.2, 0.25) is 0 Å². The van der Waals surface area contributed by atoms with Gasteiger partial charge in [0.15, 0.2) is 0 Å². The molecule has 2 heterocycles. The average molecular weight is 314 g/mol. The summed E-state index contributed by atoms with van der Waals surface area (Å²) in [5, 5.41) is 0. The van der Waals surface area contributed by atoms with Gasteiger partial charge in [0.1, 0.15) is 0 Å². The fraction of sp³-hybridized carbons (Fsp3) is 0.412. The number of ether oxygens (including phenoxy) is 1. The summed E-state index contributed by atoms with van der Waals surface area (Å²) in [7, 11) is 3.30. The van der Waals surface area contributed by atoms with Crippen molar-refractivity contribution in [3.8, 4) is 6.01 Å². The number of amides is 1. The summed E-state index contributed by atoms with van der Waals surface area (Å²) in [6.45, 7) is 2.14. The molecule has 1 amide bonds. The second-order valence-electron chi connectivity index (χ2n) is 5.32. The maximum absolute atomic E-state index is 12.7. The van der Waals surface area contributed by atoms with Gasteiger partial charge in [-0.1, -0.05) is 25.8 Å². The average Bonchev–Trinajstić information content (AvgIpc) is 2.62. The molecule has 1 atom stereocenters. The van der Waals surface area contributed by atoms with Crippen molar-refractivity contribution < 1.29 is 9.53 Å². The zero-order chi connectivity index (χ0) is 16.7. The quantitative estimate of drug-likeness (QED) is 0.786. The van der Waals surface area contributed by atoms with Crippen LogP contribution >= 0.6 is 0 Å². The molecule has 2 aromatic rings. The summed E-state index contributed by atoms with van der Waals surface area (Å²) < 4.78 is 4.92. The normalized spacial score (nSPS) is 11.8. The van der Waals surface area contributed by atoms with Crippen molar-refractivity contribution in [3.63, 3.8) is 0 Å². The number of hydrogen-bond acceptors (Lipinski definition) is 5. The minimum absolute atomic E-state index is 0.0155. The lowest BCUT2D eigenvalue weighted by Gasteiger charge is -2.28. The van der Waals surface area contributed by atoms with E-state index in [1.165, 1.54) is 19.5 Å². The zero-order valence-electron chi connectivity index (χ0n) is 13.8. The Hall–Kier alpha value is -2.50. The summed E-state index contributed by atoms with van der Waals surface area (Å²) >= 11 is 0. The molecule has 0 N–H and O–H groups in total. The van der Waals surface area contributed by atoms with Crippen molar-refractivity contribution in [3.05, 3.63) is 48.0 Å². The van der Waals surface area contributed by atoms with Crippen molar-refractivity contribution >= 4 is 5.91 Å². The first-order valence-electron chi connectivity index (χ1n) is 7.70. The maximum atomic E-state index is 12.7. The fourth-order valence-corrected chi connectivity index (χ4v) is 2.43. The molecule has 6 nitrogen and oxygen atoms in total. The standard InChI is InChI=1S/C17H22N4O2/c1-4-5-8-15(13-7-6-9-18-10-13)21(2)16(22)14-11-19-17(23-3)20-12-14/h6-7,9-12,15H,4-5,8H2,1-3H3. The third-order valence-corrected chi connectivity index (χ3v) is 3.75. The Balaban J connectivity index is 2.21. The van der Waals surface area contributed by atoms with Gasteiger partial charge in [-0.3, -0.25) is 9.78 Å². The highest BCUT2D eigenvalue weighted by Gasteiger charge is 2.23. The lowest BCUT2D eigenvalue weighted by molar-refractivity contribution is 0.0719. The van der Waals surface area contributed by atoms with Crippen molar-refractivity contribution in [2.75, 3.05) is 14.2 Å². The van der Waals surface area contributed by atoms with Crippen molar-refractivity contribution in [1.82, 2.24) is 19.9 Å². The monoisotopic (exact) mass is 314 g/mol. The van der Waals surface area contributed by atoms with E-state index < -0.39 is 0 Å². The van der Waals surface area contributed by atoms with Gasteiger partial charge in [0.05, 0.1) is 18.7 Å². The van der Waals surface area contributed by atoms with Gasteiger partial charge in [-0.2, -0.15) is 0 Å². The highest BCUT2D eigenvalue weighted by atomic mass is 16.5. The Morgan fingerprint density at radius 3 is 2.61 bits per heavy atom. The summed E-state index contributed by atoms with van der Waals surface area (Å²) in [6, 6.07) is 4.13. The molecule has 0 aromatic carbocycles. The van der Waals surface area contributed by atoms with Crippen LogP contribution in [0.4, 0.5) is 0 Å². The highest BCUT2D eigenvalue weighted by molar-refractivity contribution is 5.93. The van der Waals surface area contributed by atoms with E-state index in [0.717, 1.165) is 24.8 Å². The van der Waals surface area contributed by atoms with Gasteiger partial charge in [-0.25, -0.2) is 9.97 Å². The van der Waals surface area contributed by atoms with Gasteiger partial charge in [-0.15, -0.1) is 0 Å². The van der Waals surface area contributed by atoms with Gasteiger partial charge in [0, 0.05) is 31.8 Å². The van der Waals surface area contributed by atoms with Crippen molar-refractivity contribution in [2.45, 2.75) is 32.2 Å². The third kappa shape index (κ3) is 4.25. The molecule has 122 valence electrons. The largest absolute Gasteiger partial charge is 0.467 e. The van der Waals surface area contributed by atoms with E-state index in [9.17, 15) is 4.79 Å². The molecule has 0 spiro atoms. The predicted octanol–water partition coefficient (Wildman–Crippen LogP) is 2.88. The molecule has 2 aromatic heterocycles. The number of aromatic nitrogens is 3. The van der Waals surface area contributed by atoms with Gasteiger partial charge in [0.2, 0.25) is 0 Å². The van der Waals surface area contributed by atoms with Crippen LogP contribution in [0, 0.1) is 0 Å². The topological polar surface area (TPSA) is 68.2 Å². The van der Waals surface area contributed by atoms with Gasteiger partial charge < -0.3 is 9.64 Å². The van der Waals surface area contributed by atoms with Gasteiger partial charge in [0.25, 0.3) is 5.91 Å². The van der Waals surface area contributed by atoms with Crippen LogP contribution in [0.25, 0.3) is 0 Å². The molecule has 0 aliphatic rings. The molecule has 0 aliphatic carbocycles. The molecule has 0 bridgehead atoms. The summed E-state index contributed by atoms with van der Waals surface area (Å²) in [4.78, 5) is 26.6. The van der Waals surface area contributed by atoms with E-state index in [4.69, 9.17) is 4.74 Å². The molecular formula is C17H22N4O2. The molecule has 23 heavy (non-hydrogen) atoms. The molecule has 0 fully saturated rings. The summed E-state index contributed by atoms with van der Waals surface area (Å²) in [5.41, 5.74) is 1.48. The van der Waals surface area contributed by atoms with Crippen LogP contribution < -0.4 is 4.74 Å². The number of rotatable bonds is 7. The molecule has 0 aliphatic heterocycles. The minimum Gasteiger partial charge on any atom is -0.467 e. The number of carbonyl (C=O) groups is 1. The van der Waals surface area contributed by atoms with E-state index in [0.29, 0.717) is 5.56 Å². The number of pyridine rings is 1. The van der Waals surface area contributed by atoms with E-state index >= 15 is 0 Å². The first kappa shape index (κ1) is 16.9. The van der Waals surface area contributed by atoms with E-state index in [2.05, 4.69) is 21.9 Å². The van der Waals surface area contributed by atoms with E-state index in [1.807, 2.05) is 18.3 Å². The summed E-state index contributed by atoms with van der Waals surface area (Å²) in [6.07, 6.45) is 9.53. The number of unbranched alkanes of at least 4 members (excludes halogenated alkanes) is 1. The van der Waals surface area contributed by atoms with Crippen LogP contribution in [0.1, 0.15) is 48.1 Å². The van der Waals surface area contributed by atoms with Crippen LogP contribution in [-0.4, -0.2) is 39.9 Å². The third-order valence-electron chi connectivity index (χ3n) is 3.75. The second kappa shape index (κ2) is 8.22. The molecule has 0 saturated carbocycles. The lowest BCUT2D eigenvalue weighted by atomic mass is 10.0. The molecule has 1 unspecified atom stereocenters. The molecular weight excluding hydrogens is 292 g/mol. The Morgan fingerprint density at radius 2 is 2.04 bits per heavy atom. The highest BCUT2D eigenvalue weighted by Crippen LogP contribution is 2.26. The molecule has 0 saturated heterocycles. The smallest absolute Gasteiger partial charge is 0.316 e. The number of carbonyl (C=O) groups excluding carboxylic acids is 1. The van der Waals surface area contributed by atoms with Crippen LogP contribution in [0.3, 0.4) is 0 Å². The molecule has 0 radical (unpaired) electrons. The Morgan fingerprint density at radius 1 is 1.30 bits per heavy atom. The minimum atomic E-state index is -0.113. The van der Waals surface area contributed by atoms with Crippen molar-refractivity contribution in [1.29, 1.82) is 0 Å². The Kier molecular flexibility index (Phi) is 6.02. The SMILES string of the molecule is CCCCC(c1cccnc1)N(C)C(=O)c1cnc(OC)nc1. The van der Waals surface area contributed by atoms with Gasteiger partial charge >= 0.3 is 6.01 Å². The Bertz CT molecular complexity index is 616. The summed E-state index contributed by atoms with van der Waals surface area (Å²) in [5.74, 6) is -0.113. The number of nitrogens with zero attached hydrogens (tertiary/aromatic N) is 4. The maximum Gasteiger partial charge on any atom is 0.316 e. The molecule has 6 heteroatoms. The molecule has 2 rings (SSSR count). The fourth-order valence-electron chi connectivity index (χ4n) is 2.43. The first-order valence-corrected chi connectivity index (χ1v) is 7.70. The van der Waals surface area contributed by atoms with Crippen LogP contribution in [0.15, 0.2) is 36.9 Å². The lowest BCUT2D eigenvalue weighted by Crippen LogP contribution is -2.31. The van der Waals surface area contributed by atoms with Crippen LogP contribution in [0.5, 0.6) is 6.01 Å². The first-order chi connectivity index (χ1) is 11.2. The zero-order valence-corrected chi connectivity index (χ0v) is 13.8. The van der Waals surface area contributed by atoms with Gasteiger partial charge in [-0.05, 0) is 18.1 Å². The number of methoxy groups -OCH3 is 1. The second-order valence-corrected chi connectivity index (χ2v) is 5.32.